The Labute approximate surface area is 190 Å². The van der Waals surface area contributed by atoms with Gasteiger partial charge in [0.1, 0.15) is 24.2 Å². The molecule has 1 heterocycles. The molecule has 1 aromatic rings. The summed E-state index contributed by atoms with van der Waals surface area (Å²) >= 11 is 4.43. The van der Waals surface area contributed by atoms with Gasteiger partial charge in [-0.25, -0.2) is 0 Å². The number of ketones is 1. The predicted molar refractivity (Wildman–Crippen MR) is 112 cm³/mol. The summed E-state index contributed by atoms with van der Waals surface area (Å²) in [5.74, 6) is -1.76. The van der Waals surface area contributed by atoms with E-state index in [2.05, 4.69) is 12.6 Å². The fraction of sp³-hybridized carbons (Fsp3) is 0.524. The minimum atomic E-state index is -1.93. The number of benzene rings is 1. The normalized spacial score (nSPS) is 27.1. The van der Waals surface area contributed by atoms with Crippen LogP contribution in [-0.4, -0.2) is 66.8 Å². The van der Waals surface area contributed by atoms with E-state index in [0.717, 1.165) is 13.8 Å². The monoisotopic (exact) mass is 470 g/mol. The molecular weight excluding hydrogens is 444 g/mol. The van der Waals surface area contributed by atoms with Crippen molar-refractivity contribution in [3.63, 3.8) is 0 Å². The molecule has 1 aromatic carbocycles. The number of hydrogen-bond donors (Lipinski definition) is 1. The molecule has 1 fully saturated rings. The Hall–Kier alpha value is -2.79. The average Bonchev–Trinajstić information content (AvgIpc) is 2.71. The second kappa shape index (κ2) is 10.7. The third-order valence-corrected chi connectivity index (χ3v) is 5.26. The Morgan fingerprint density at radius 1 is 0.906 bits per heavy atom. The zero-order chi connectivity index (χ0) is 24.1. The zero-order valence-corrected chi connectivity index (χ0v) is 19.3. The smallest absolute Gasteiger partial charge is 0.303 e. The number of carbonyl (C=O) groups is 4. The Bertz CT molecular complexity index is 855. The maximum absolute atomic E-state index is 12.6. The lowest BCUT2D eigenvalue weighted by molar-refractivity contribution is -0.246. The van der Waals surface area contributed by atoms with Gasteiger partial charge in [0, 0.05) is 20.8 Å². The molecule has 0 unspecified atom stereocenters. The van der Waals surface area contributed by atoms with E-state index in [0.29, 0.717) is 5.75 Å². The van der Waals surface area contributed by atoms with Gasteiger partial charge in [-0.2, -0.15) is 0 Å². The van der Waals surface area contributed by atoms with Crippen LogP contribution in [0.1, 0.15) is 27.7 Å². The number of carbonyl (C=O) groups excluding carboxylic acids is 4. The Kier molecular flexibility index (Phi) is 8.51. The van der Waals surface area contributed by atoms with Gasteiger partial charge in [-0.3, -0.25) is 19.2 Å². The Morgan fingerprint density at radius 3 is 1.91 bits per heavy atom. The van der Waals surface area contributed by atoms with Gasteiger partial charge < -0.3 is 28.4 Å². The molecule has 0 saturated carbocycles. The molecule has 0 N–H and O–H groups in total. The highest BCUT2D eigenvalue weighted by Crippen LogP contribution is 2.39. The summed E-state index contributed by atoms with van der Waals surface area (Å²) in [6.45, 7) is 4.33. The van der Waals surface area contributed by atoms with E-state index in [1.54, 1.807) is 24.3 Å². The second-order valence-electron chi connectivity index (χ2n) is 7.07. The highest BCUT2D eigenvalue weighted by molar-refractivity contribution is 7.82. The first-order valence-electron chi connectivity index (χ1n) is 9.67. The number of rotatable bonds is 8. The fourth-order valence-electron chi connectivity index (χ4n) is 3.19. The van der Waals surface area contributed by atoms with Crippen molar-refractivity contribution in [1.29, 1.82) is 0 Å². The molecule has 0 bridgehead atoms. The van der Waals surface area contributed by atoms with E-state index >= 15 is 0 Å². The standard InChI is InChI=1S/C21H26O10S/c1-11(22)21(32)20(30-16-8-6-15(26-5)7-9-16)19(29-14(4)25)18(28-13(3)24)17(31-21)10-27-12(2)23/h6-9,17-20,32H,10H2,1-5H3/t17-,18+,19+,20-,21+/m1/s1. The summed E-state index contributed by atoms with van der Waals surface area (Å²) in [6.07, 6.45) is -5.05. The molecule has 0 spiro atoms. The molecule has 0 amide bonds. The summed E-state index contributed by atoms with van der Waals surface area (Å²) in [4.78, 5) is 45.7. The van der Waals surface area contributed by atoms with E-state index in [9.17, 15) is 19.2 Å². The fourth-order valence-corrected chi connectivity index (χ4v) is 3.52. The van der Waals surface area contributed by atoms with Crippen LogP contribution in [0.15, 0.2) is 24.3 Å². The summed E-state index contributed by atoms with van der Waals surface area (Å²) in [5.41, 5.74) is 0. The number of methoxy groups -OCH3 is 1. The van der Waals surface area contributed by atoms with Crippen LogP contribution in [0.3, 0.4) is 0 Å². The molecule has 2 rings (SSSR count). The van der Waals surface area contributed by atoms with Crippen molar-refractivity contribution in [3.8, 4) is 11.5 Å². The van der Waals surface area contributed by atoms with Gasteiger partial charge in [0.05, 0.1) is 7.11 Å². The van der Waals surface area contributed by atoms with Crippen LogP contribution in [0.2, 0.25) is 0 Å². The Morgan fingerprint density at radius 2 is 1.44 bits per heavy atom. The lowest BCUT2D eigenvalue weighted by Gasteiger charge is -2.48. The average molecular weight is 470 g/mol. The SMILES string of the molecule is COc1ccc(O[C@@H]2[C@@H](OC(C)=O)[C@@H](OC(C)=O)[C@@H](COC(C)=O)O[C@]2(S)C(C)=O)cc1. The topological polar surface area (TPSA) is 124 Å². The largest absolute Gasteiger partial charge is 0.497 e. The number of hydrogen-bond acceptors (Lipinski definition) is 11. The van der Waals surface area contributed by atoms with Crippen LogP contribution >= 0.6 is 12.6 Å². The van der Waals surface area contributed by atoms with E-state index in [4.69, 9.17) is 28.4 Å². The highest BCUT2D eigenvalue weighted by Gasteiger charge is 2.60. The van der Waals surface area contributed by atoms with Crippen molar-refractivity contribution in [1.82, 2.24) is 0 Å². The van der Waals surface area contributed by atoms with Crippen molar-refractivity contribution in [2.24, 2.45) is 0 Å². The van der Waals surface area contributed by atoms with Gasteiger partial charge in [-0.05, 0) is 31.2 Å². The molecule has 1 aliphatic rings. The van der Waals surface area contributed by atoms with Crippen LogP contribution in [0.4, 0.5) is 0 Å². The molecule has 32 heavy (non-hydrogen) atoms. The van der Waals surface area contributed by atoms with Gasteiger partial charge in [-0.15, -0.1) is 12.6 Å². The molecular formula is C21H26O10S. The maximum Gasteiger partial charge on any atom is 0.303 e. The number of ether oxygens (including phenoxy) is 6. The first kappa shape index (κ1) is 25.5. The Balaban J connectivity index is 2.52. The first-order chi connectivity index (χ1) is 15.0. The lowest BCUT2D eigenvalue weighted by atomic mass is 9.91. The van der Waals surface area contributed by atoms with Gasteiger partial charge >= 0.3 is 17.9 Å². The highest BCUT2D eigenvalue weighted by atomic mass is 32.1. The van der Waals surface area contributed by atoms with Crippen molar-refractivity contribution in [3.05, 3.63) is 24.3 Å². The molecule has 176 valence electrons. The number of esters is 3. The molecule has 1 saturated heterocycles. The maximum atomic E-state index is 12.6. The molecule has 11 heteroatoms. The van der Waals surface area contributed by atoms with E-state index in [1.807, 2.05) is 0 Å². The van der Waals surface area contributed by atoms with Gasteiger partial charge in [0.25, 0.3) is 0 Å². The molecule has 5 atom stereocenters. The van der Waals surface area contributed by atoms with E-state index < -0.39 is 53.0 Å². The van der Waals surface area contributed by atoms with Gasteiger partial charge in [-0.1, -0.05) is 0 Å². The van der Waals surface area contributed by atoms with Crippen molar-refractivity contribution < 1.29 is 47.6 Å². The molecule has 1 aliphatic heterocycles. The minimum absolute atomic E-state index is 0.288. The number of Topliss-reactive ketones (excluding diaryl/α,β-unsaturated/α-hetero) is 1. The summed E-state index contributed by atoms with van der Waals surface area (Å²) in [6, 6.07) is 6.40. The quantitative estimate of drug-likeness (QED) is 0.339. The van der Waals surface area contributed by atoms with Crippen molar-refractivity contribution in [2.45, 2.75) is 57.0 Å². The molecule has 0 aliphatic carbocycles. The second-order valence-corrected chi connectivity index (χ2v) is 7.74. The molecule has 0 radical (unpaired) electrons. The van der Waals surface area contributed by atoms with Crippen molar-refractivity contribution in [2.75, 3.05) is 13.7 Å². The van der Waals surface area contributed by atoms with Crippen LogP contribution in [-0.2, 0) is 38.1 Å². The summed E-state index contributed by atoms with van der Waals surface area (Å²) < 4.78 is 32.7. The third kappa shape index (κ3) is 6.13. The lowest BCUT2D eigenvalue weighted by Crippen LogP contribution is -2.68. The summed E-state index contributed by atoms with van der Waals surface area (Å²) in [5, 5.41) is 0. The van der Waals surface area contributed by atoms with Crippen LogP contribution in [0.5, 0.6) is 11.5 Å². The van der Waals surface area contributed by atoms with Crippen LogP contribution in [0, 0.1) is 0 Å². The third-order valence-electron chi connectivity index (χ3n) is 4.59. The molecule has 10 nitrogen and oxygen atoms in total. The summed E-state index contributed by atoms with van der Waals surface area (Å²) in [7, 11) is 1.50. The molecule has 0 aromatic heterocycles. The zero-order valence-electron chi connectivity index (χ0n) is 18.4. The van der Waals surface area contributed by atoms with Crippen LogP contribution in [0.25, 0.3) is 0 Å². The minimum Gasteiger partial charge on any atom is -0.497 e. The van der Waals surface area contributed by atoms with E-state index in [1.165, 1.54) is 21.0 Å². The van der Waals surface area contributed by atoms with Crippen LogP contribution < -0.4 is 9.47 Å². The first-order valence-corrected chi connectivity index (χ1v) is 10.1. The van der Waals surface area contributed by atoms with Crippen molar-refractivity contribution >= 4 is 36.3 Å². The van der Waals surface area contributed by atoms with Gasteiger partial charge in [0.2, 0.25) is 4.93 Å². The van der Waals surface area contributed by atoms with Gasteiger partial charge in [0.15, 0.2) is 24.1 Å². The van der Waals surface area contributed by atoms with E-state index in [-0.39, 0.29) is 12.4 Å². The number of thiol groups is 1. The predicted octanol–water partition coefficient (Wildman–Crippen LogP) is 1.48.